The summed E-state index contributed by atoms with van der Waals surface area (Å²) in [7, 11) is 0. The van der Waals surface area contributed by atoms with E-state index < -0.39 is 5.41 Å². The van der Waals surface area contributed by atoms with Crippen LogP contribution in [0, 0.1) is 5.41 Å². The summed E-state index contributed by atoms with van der Waals surface area (Å²) in [5.41, 5.74) is 11.8. The zero-order valence-corrected chi connectivity index (χ0v) is 39.7. The minimum Gasteiger partial charge on any atom is -0.507 e. The second-order valence-corrected chi connectivity index (χ2v) is 20.5. The van der Waals surface area contributed by atoms with Crippen LogP contribution in [0.5, 0.6) is 11.5 Å². The number of aromatic hydroxyl groups is 1. The van der Waals surface area contributed by atoms with Crippen LogP contribution in [0.25, 0.3) is 54.9 Å². The third-order valence-corrected chi connectivity index (χ3v) is 12.4. The molecule has 0 aliphatic rings. The molecule has 0 unspecified atom stereocenters. The molecule has 6 rings (SSSR count). The van der Waals surface area contributed by atoms with Crippen LogP contribution in [-0.4, -0.2) is 11.1 Å². The molecule has 0 atom stereocenters. The van der Waals surface area contributed by atoms with Crippen molar-refractivity contribution in [3.63, 3.8) is 0 Å². The Kier molecular flexibility index (Phi) is 12.7. The largest absolute Gasteiger partial charge is 0.507 e. The molecule has 0 saturated heterocycles. The van der Waals surface area contributed by atoms with E-state index in [1.54, 1.807) is 0 Å². The number of carbonyl (C=O) groups is 1. The van der Waals surface area contributed by atoms with Crippen LogP contribution < -0.4 is 4.74 Å². The molecule has 4 heteroatoms. The van der Waals surface area contributed by atoms with Crippen molar-refractivity contribution in [2.75, 3.05) is 0 Å². The predicted molar refractivity (Wildman–Crippen MR) is 257 cm³/mol. The Morgan fingerprint density at radius 2 is 0.966 bits per heavy atom. The summed E-state index contributed by atoms with van der Waals surface area (Å²) in [5, 5.41) is 17.1. The maximum Gasteiger partial charge on any atom is 0.316 e. The molecule has 0 radical (unpaired) electrons. The highest BCUT2D eigenvalue weighted by Gasteiger charge is 2.33. The van der Waals surface area contributed by atoms with E-state index in [4.69, 9.17) is 4.74 Å². The summed E-state index contributed by atoms with van der Waals surface area (Å²) >= 11 is 3.79. The zero-order chi connectivity index (χ0) is 43.4. The fourth-order valence-electron chi connectivity index (χ4n) is 8.46. The van der Waals surface area contributed by atoms with E-state index in [0.29, 0.717) is 23.1 Å². The molecule has 3 nitrogen and oxygen atoms in total. The maximum atomic E-state index is 14.4. The van der Waals surface area contributed by atoms with Crippen LogP contribution in [0.1, 0.15) is 173 Å². The van der Waals surface area contributed by atoms with Crippen molar-refractivity contribution in [1.82, 2.24) is 0 Å². The van der Waals surface area contributed by atoms with Crippen molar-refractivity contribution >= 4 is 43.4 Å². The van der Waals surface area contributed by atoms with Gasteiger partial charge in [-0.05, 0) is 147 Å². The number of fused-ring (bicyclic) bond motifs is 2. The highest BCUT2D eigenvalue weighted by Crippen LogP contribution is 2.55. The first-order chi connectivity index (χ1) is 27.6. The standard InChI is InChI=1S/C55H65BrO3/c1-29(2)36-24-42(31(5)6)48(43(25-36)32(7)8)46-28-38-22-39(56)20-21-41(38)50(52(46)57)51-40-19-17-16-18-35(40)23-47(53(51)59-54(58)55(13,14)15)49-44(33(9)10)26-37(30(3)4)27-45(49)34(11)12/h16-34,57H,1-15H3. The lowest BCUT2D eigenvalue weighted by Gasteiger charge is -2.28. The summed E-state index contributed by atoms with van der Waals surface area (Å²) in [6.07, 6.45) is 0. The lowest BCUT2D eigenvalue weighted by Crippen LogP contribution is -2.26. The Hall–Kier alpha value is -4.41. The van der Waals surface area contributed by atoms with Crippen LogP contribution in [0.15, 0.2) is 83.3 Å². The molecule has 1 N–H and O–H groups in total. The highest BCUT2D eigenvalue weighted by molar-refractivity contribution is 9.10. The summed E-state index contributed by atoms with van der Waals surface area (Å²) in [6, 6.07) is 28.4. The molecule has 59 heavy (non-hydrogen) atoms. The lowest BCUT2D eigenvalue weighted by molar-refractivity contribution is -0.142. The number of phenolic OH excluding ortho intramolecular Hbond substituents is 1. The first-order valence-electron chi connectivity index (χ1n) is 21.7. The number of esters is 1. The van der Waals surface area contributed by atoms with Gasteiger partial charge in [0, 0.05) is 26.7 Å². The molecule has 0 aliphatic carbocycles. The first kappa shape index (κ1) is 44.2. The van der Waals surface area contributed by atoms with E-state index in [2.05, 4.69) is 166 Å². The van der Waals surface area contributed by atoms with Crippen LogP contribution in [0.4, 0.5) is 0 Å². The Morgan fingerprint density at radius 3 is 1.42 bits per heavy atom. The summed E-state index contributed by atoms with van der Waals surface area (Å²) in [4.78, 5) is 14.4. The van der Waals surface area contributed by atoms with Gasteiger partial charge in [-0.2, -0.15) is 0 Å². The Morgan fingerprint density at radius 1 is 0.525 bits per heavy atom. The van der Waals surface area contributed by atoms with Gasteiger partial charge in [0.2, 0.25) is 0 Å². The summed E-state index contributed by atoms with van der Waals surface area (Å²) < 4.78 is 7.83. The van der Waals surface area contributed by atoms with Gasteiger partial charge in [0.1, 0.15) is 11.5 Å². The minimum absolute atomic E-state index is 0.180. The monoisotopic (exact) mass is 852 g/mol. The normalized spacial score (nSPS) is 12.4. The number of benzene rings is 6. The van der Waals surface area contributed by atoms with Crippen molar-refractivity contribution in [2.45, 2.75) is 139 Å². The number of rotatable bonds is 10. The Labute approximate surface area is 362 Å². The van der Waals surface area contributed by atoms with E-state index >= 15 is 0 Å². The number of carbonyl (C=O) groups excluding carboxylic acids is 1. The summed E-state index contributed by atoms with van der Waals surface area (Å²) in [6.45, 7) is 32.7. The molecule has 310 valence electrons. The van der Waals surface area contributed by atoms with Gasteiger partial charge in [-0.15, -0.1) is 0 Å². The van der Waals surface area contributed by atoms with E-state index in [9.17, 15) is 9.90 Å². The number of ether oxygens (including phenoxy) is 1. The highest BCUT2D eigenvalue weighted by atomic mass is 79.9. The molecule has 0 heterocycles. The quantitative estimate of drug-likeness (QED) is 0.110. The smallest absolute Gasteiger partial charge is 0.316 e. The SMILES string of the molecule is CC(C)c1cc(C(C)C)c(-c2cc3cc(Br)ccc3c(-c3c(OC(=O)C(C)(C)C)c(-c4c(C(C)C)cc(C(C)C)cc4C(C)C)cc4ccccc34)c2O)c(C(C)C)c1. The van der Waals surface area contributed by atoms with Crippen molar-refractivity contribution in [1.29, 1.82) is 0 Å². The van der Waals surface area contributed by atoms with Crippen molar-refractivity contribution in [3.05, 3.63) is 117 Å². The van der Waals surface area contributed by atoms with Crippen LogP contribution in [-0.2, 0) is 4.79 Å². The molecular formula is C55H65BrO3. The average molecular weight is 854 g/mol. The third-order valence-electron chi connectivity index (χ3n) is 11.9. The van der Waals surface area contributed by atoms with Gasteiger partial charge < -0.3 is 9.84 Å². The summed E-state index contributed by atoms with van der Waals surface area (Å²) in [5.74, 6) is 1.80. The van der Waals surface area contributed by atoms with Crippen LogP contribution >= 0.6 is 15.9 Å². The zero-order valence-electron chi connectivity index (χ0n) is 38.1. The second kappa shape index (κ2) is 16.9. The maximum absolute atomic E-state index is 14.4. The molecule has 0 bridgehead atoms. The van der Waals surface area contributed by atoms with Gasteiger partial charge in [-0.1, -0.05) is 154 Å². The van der Waals surface area contributed by atoms with Gasteiger partial charge in [0.25, 0.3) is 0 Å². The fraction of sp³-hybridized carbons (Fsp3) is 0.400. The van der Waals surface area contributed by atoms with Crippen molar-refractivity contribution in [3.8, 4) is 44.9 Å². The van der Waals surface area contributed by atoms with Crippen molar-refractivity contribution < 1.29 is 14.6 Å². The molecule has 0 amide bonds. The van der Waals surface area contributed by atoms with E-state index in [-0.39, 0.29) is 35.4 Å². The molecule has 6 aromatic carbocycles. The van der Waals surface area contributed by atoms with Crippen molar-refractivity contribution in [2.24, 2.45) is 5.41 Å². The van der Waals surface area contributed by atoms with Gasteiger partial charge in [-0.3, -0.25) is 4.79 Å². The van der Waals surface area contributed by atoms with E-state index in [1.807, 2.05) is 32.9 Å². The average Bonchev–Trinajstić information content (AvgIpc) is 3.16. The molecule has 6 aromatic rings. The second-order valence-electron chi connectivity index (χ2n) is 19.6. The topological polar surface area (TPSA) is 46.5 Å². The first-order valence-corrected chi connectivity index (χ1v) is 22.5. The third kappa shape index (κ3) is 8.49. The molecule has 0 saturated carbocycles. The minimum atomic E-state index is -0.795. The number of phenols is 1. The molecule has 0 aliphatic heterocycles. The molecular weight excluding hydrogens is 789 g/mol. The van der Waals surface area contributed by atoms with Crippen LogP contribution in [0.2, 0.25) is 0 Å². The van der Waals surface area contributed by atoms with Gasteiger partial charge in [0.15, 0.2) is 0 Å². The van der Waals surface area contributed by atoms with Gasteiger partial charge in [-0.25, -0.2) is 0 Å². The fourth-order valence-corrected chi connectivity index (χ4v) is 8.84. The predicted octanol–water partition coefficient (Wildman–Crippen LogP) is 17.2. The Balaban J connectivity index is 1.91. The van der Waals surface area contributed by atoms with Crippen LogP contribution in [0.3, 0.4) is 0 Å². The lowest BCUT2D eigenvalue weighted by atomic mass is 9.78. The Bertz CT molecular complexity index is 2500. The van der Waals surface area contributed by atoms with Gasteiger partial charge >= 0.3 is 5.97 Å². The van der Waals surface area contributed by atoms with E-state index in [0.717, 1.165) is 53.8 Å². The molecule has 0 fully saturated rings. The van der Waals surface area contributed by atoms with Gasteiger partial charge in [0.05, 0.1) is 5.41 Å². The number of halogens is 1. The molecule has 0 aromatic heterocycles. The molecule has 0 spiro atoms. The number of hydrogen-bond donors (Lipinski definition) is 1. The van der Waals surface area contributed by atoms with E-state index in [1.165, 1.54) is 33.4 Å². The number of hydrogen-bond acceptors (Lipinski definition) is 3.